The molecule has 1 aliphatic heterocycles. The van der Waals surface area contributed by atoms with Crippen molar-refractivity contribution in [3.63, 3.8) is 0 Å². The van der Waals surface area contributed by atoms with Crippen LogP contribution >= 0.6 is 0 Å². The van der Waals surface area contributed by atoms with Crippen LogP contribution in [0.5, 0.6) is 0 Å². The second kappa shape index (κ2) is 4.61. The minimum atomic E-state index is -0.412. The molecule has 1 saturated heterocycles. The van der Waals surface area contributed by atoms with Crippen LogP contribution < -0.4 is 0 Å². The average molecular weight is 225 g/mol. The molecule has 0 unspecified atom stereocenters. The van der Waals surface area contributed by atoms with E-state index in [4.69, 9.17) is 4.52 Å². The van der Waals surface area contributed by atoms with Gasteiger partial charge < -0.3 is 9.42 Å². The lowest BCUT2D eigenvalue weighted by Gasteiger charge is -2.12. The average Bonchev–Trinajstić information content (AvgIpc) is 2.83. The van der Waals surface area contributed by atoms with E-state index in [0.717, 1.165) is 19.6 Å². The molecule has 0 saturated carbocycles. The zero-order chi connectivity index (χ0) is 11.5. The normalized spacial score (nSPS) is 16.8. The molecule has 1 aliphatic rings. The molecule has 0 amide bonds. The maximum atomic E-state index is 10.8. The number of aromatic nitrogens is 1. The molecular formula is C10H15N3O3. The van der Waals surface area contributed by atoms with Crippen LogP contribution in [0.15, 0.2) is 4.52 Å². The van der Waals surface area contributed by atoms with Gasteiger partial charge in [-0.2, -0.15) is 0 Å². The molecule has 0 aliphatic carbocycles. The zero-order valence-corrected chi connectivity index (χ0v) is 9.31. The van der Waals surface area contributed by atoms with Crippen LogP contribution in [0.3, 0.4) is 0 Å². The first kappa shape index (κ1) is 11.1. The van der Waals surface area contributed by atoms with Gasteiger partial charge in [-0.3, -0.25) is 10.1 Å². The first-order valence-corrected chi connectivity index (χ1v) is 5.50. The largest absolute Gasteiger partial charge is 0.354 e. The summed E-state index contributed by atoms with van der Waals surface area (Å²) in [5, 5.41) is 14.4. The van der Waals surface area contributed by atoms with Crippen LogP contribution in [-0.4, -0.2) is 34.6 Å². The number of likely N-dealkylation sites (tertiary alicyclic amines) is 1. The lowest BCUT2D eigenvalue weighted by atomic mass is 10.2. The number of nitrogens with zero attached hydrogens (tertiary/aromatic N) is 3. The third-order valence-corrected chi connectivity index (χ3v) is 2.94. The fourth-order valence-corrected chi connectivity index (χ4v) is 2.08. The van der Waals surface area contributed by atoms with Crippen molar-refractivity contribution in [2.24, 2.45) is 0 Å². The first-order valence-electron chi connectivity index (χ1n) is 5.50. The monoisotopic (exact) mass is 225 g/mol. The molecule has 2 rings (SSSR count). The summed E-state index contributed by atoms with van der Waals surface area (Å²) in [7, 11) is 0. The molecule has 0 atom stereocenters. The molecule has 6 heteroatoms. The maximum Gasteiger partial charge on any atom is 0.334 e. The second-order valence-electron chi connectivity index (χ2n) is 4.10. The van der Waals surface area contributed by atoms with E-state index in [9.17, 15) is 10.1 Å². The standard InChI is InChI=1S/C10H15N3O3/c1-8-10(13(14)15)9(16-11-8)4-7-12-5-2-3-6-12/h2-7H2,1H3. The van der Waals surface area contributed by atoms with Gasteiger partial charge in [0.1, 0.15) is 0 Å². The molecule has 0 N–H and O–H groups in total. The van der Waals surface area contributed by atoms with E-state index in [1.165, 1.54) is 12.8 Å². The molecule has 1 aromatic heterocycles. The van der Waals surface area contributed by atoms with Crippen LogP contribution in [0.4, 0.5) is 5.69 Å². The molecule has 2 heterocycles. The van der Waals surface area contributed by atoms with Gasteiger partial charge in [0.15, 0.2) is 5.69 Å². The van der Waals surface area contributed by atoms with Crippen molar-refractivity contribution in [1.29, 1.82) is 0 Å². The number of nitro groups is 1. The molecule has 6 nitrogen and oxygen atoms in total. The number of rotatable bonds is 4. The Labute approximate surface area is 93.4 Å². The van der Waals surface area contributed by atoms with Gasteiger partial charge in [-0.05, 0) is 32.9 Å². The Bertz CT molecular complexity index is 383. The van der Waals surface area contributed by atoms with Crippen molar-refractivity contribution in [2.45, 2.75) is 26.2 Å². The third-order valence-electron chi connectivity index (χ3n) is 2.94. The minimum Gasteiger partial charge on any atom is -0.354 e. The molecule has 0 aromatic carbocycles. The van der Waals surface area contributed by atoms with Gasteiger partial charge >= 0.3 is 5.69 Å². The van der Waals surface area contributed by atoms with Crippen LogP contribution in [0.1, 0.15) is 24.3 Å². The Hall–Kier alpha value is -1.43. The van der Waals surface area contributed by atoms with E-state index in [2.05, 4.69) is 10.1 Å². The van der Waals surface area contributed by atoms with Gasteiger partial charge in [-0.25, -0.2) is 0 Å². The maximum absolute atomic E-state index is 10.8. The topological polar surface area (TPSA) is 72.4 Å². The van der Waals surface area contributed by atoms with Gasteiger partial charge in [0.25, 0.3) is 0 Å². The summed E-state index contributed by atoms with van der Waals surface area (Å²) in [6, 6.07) is 0. The van der Waals surface area contributed by atoms with Gasteiger partial charge in [0, 0.05) is 13.0 Å². The lowest BCUT2D eigenvalue weighted by Crippen LogP contribution is -2.22. The summed E-state index contributed by atoms with van der Waals surface area (Å²) in [6.07, 6.45) is 3.01. The number of hydrogen-bond donors (Lipinski definition) is 0. The van der Waals surface area contributed by atoms with Crippen LogP contribution in [0, 0.1) is 17.0 Å². The zero-order valence-electron chi connectivity index (χ0n) is 9.31. The van der Waals surface area contributed by atoms with E-state index in [1.54, 1.807) is 6.92 Å². The van der Waals surface area contributed by atoms with Crippen LogP contribution in [-0.2, 0) is 6.42 Å². The predicted molar refractivity (Wildman–Crippen MR) is 57.3 cm³/mol. The SMILES string of the molecule is Cc1noc(CCN2CCCC2)c1[N+](=O)[O-]. The lowest BCUT2D eigenvalue weighted by molar-refractivity contribution is -0.386. The molecule has 88 valence electrons. The summed E-state index contributed by atoms with van der Waals surface area (Å²) in [5.74, 6) is 0.398. The quantitative estimate of drug-likeness (QED) is 0.574. The summed E-state index contributed by atoms with van der Waals surface area (Å²) in [6.45, 7) is 4.58. The van der Waals surface area contributed by atoms with Crippen LogP contribution in [0.2, 0.25) is 0 Å². The number of hydrogen-bond acceptors (Lipinski definition) is 5. The van der Waals surface area contributed by atoms with E-state index >= 15 is 0 Å². The fraction of sp³-hybridized carbons (Fsp3) is 0.700. The summed E-state index contributed by atoms with van der Waals surface area (Å²) >= 11 is 0. The van der Waals surface area contributed by atoms with Crippen LogP contribution in [0.25, 0.3) is 0 Å². The Morgan fingerprint density at radius 1 is 1.50 bits per heavy atom. The molecule has 1 fully saturated rings. The van der Waals surface area contributed by atoms with Crippen molar-refractivity contribution in [3.05, 3.63) is 21.6 Å². The highest BCUT2D eigenvalue weighted by Gasteiger charge is 2.24. The van der Waals surface area contributed by atoms with Gasteiger partial charge in [-0.15, -0.1) is 0 Å². The van der Waals surface area contributed by atoms with E-state index in [-0.39, 0.29) is 5.69 Å². The van der Waals surface area contributed by atoms with E-state index < -0.39 is 4.92 Å². The Morgan fingerprint density at radius 3 is 2.81 bits per heavy atom. The fourth-order valence-electron chi connectivity index (χ4n) is 2.08. The van der Waals surface area contributed by atoms with Crippen molar-refractivity contribution in [3.8, 4) is 0 Å². The van der Waals surface area contributed by atoms with Crippen molar-refractivity contribution in [2.75, 3.05) is 19.6 Å². The highest BCUT2D eigenvalue weighted by Crippen LogP contribution is 2.23. The highest BCUT2D eigenvalue weighted by atomic mass is 16.6. The molecule has 16 heavy (non-hydrogen) atoms. The Morgan fingerprint density at radius 2 is 2.19 bits per heavy atom. The predicted octanol–water partition coefficient (Wildman–Crippen LogP) is 1.53. The summed E-state index contributed by atoms with van der Waals surface area (Å²) in [5.41, 5.74) is 0.403. The van der Waals surface area contributed by atoms with Gasteiger partial charge in [-0.1, -0.05) is 5.16 Å². The second-order valence-corrected chi connectivity index (χ2v) is 4.10. The van der Waals surface area contributed by atoms with Crippen molar-refractivity contribution >= 4 is 5.69 Å². The Balaban J connectivity index is 2.00. The number of aryl methyl sites for hydroxylation is 1. The van der Waals surface area contributed by atoms with Gasteiger partial charge in [0.05, 0.1) is 4.92 Å². The summed E-state index contributed by atoms with van der Waals surface area (Å²) in [4.78, 5) is 12.7. The molecule has 1 aromatic rings. The Kier molecular flexibility index (Phi) is 3.19. The van der Waals surface area contributed by atoms with Crippen molar-refractivity contribution < 1.29 is 9.45 Å². The summed E-state index contributed by atoms with van der Waals surface area (Å²) < 4.78 is 5.00. The molecular weight excluding hydrogens is 210 g/mol. The minimum absolute atomic E-state index is 0.0409. The highest BCUT2D eigenvalue weighted by molar-refractivity contribution is 5.37. The first-order chi connectivity index (χ1) is 7.68. The van der Waals surface area contributed by atoms with E-state index in [0.29, 0.717) is 17.9 Å². The van der Waals surface area contributed by atoms with E-state index in [1.807, 2.05) is 0 Å². The molecule has 0 radical (unpaired) electrons. The van der Waals surface area contributed by atoms with Crippen molar-refractivity contribution in [1.82, 2.24) is 10.1 Å². The van der Waals surface area contributed by atoms with Gasteiger partial charge in [0.2, 0.25) is 5.76 Å². The molecule has 0 bridgehead atoms. The smallest absolute Gasteiger partial charge is 0.334 e. The third kappa shape index (κ3) is 2.21. The molecule has 0 spiro atoms.